The van der Waals surface area contributed by atoms with Crippen LogP contribution in [0.15, 0.2) is 36.4 Å². The molecule has 0 bridgehead atoms. The Morgan fingerprint density at radius 1 is 1.00 bits per heavy atom. The molecule has 1 amide bonds. The lowest BCUT2D eigenvalue weighted by Crippen LogP contribution is -2.25. The second-order valence-electron chi connectivity index (χ2n) is 5.84. The predicted molar refractivity (Wildman–Crippen MR) is 91.4 cm³/mol. The van der Waals surface area contributed by atoms with Crippen molar-refractivity contribution in [2.75, 3.05) is 6.54 Å². The van der Waals surface area contributed by atoms with E-state index in [1.165, 1.54) is 12.1 Å². The minimum Gasteiger partial charge on any atom is -0.352 e. The fourth-order valence-corrected chi connectivity index (χ4v) is 2.51. The molecule has 128 valence electrons. The van der Waals surface area contributed by atoms with E-state index in [4.69, 9.17) is 0 Å². The first kappa shape index (κ1) is 17.0. The molecule has 0 aliphatic heterocycles. The number of rotatable bonds is 4. The number of aryl methyl sites for hydroxylation is 2. The van der Waals surface area contributed by atoms with E-state index in [9.17, 15) is 13.6 Å². The number of hydrogen-bond donors (Lipinski definition) is 1. The molecule has 0 saturated heterocycles. The number of fused-ring (bicyclic) bond motifs is 1. The number of carbonyl (C=O) groups excluding carboxylic acids is 1. The Hall–Kier alpha value is -2.89. The maximum Gasteiger partial charge on any atom is 0.251 e. The number of amides is 1. The van der Waals surface area contributed by atoms with Crippen LogP contribution in [0.4, 0.5) is 8.78 Å². The summed E-state index contributed by atoms with van der Waals surface area (Å²) < 4.78 is 26.5. The fourth-order valence-electron chi connectivity index (χ4n) is 2.51. The molecule has 0 unspecified atom stereocenters. The lowest BCUT2D eigenvalue weighted by molar-refractivity contribution is 0.0954. The van der Waals surface area contributed by atoms with Crippen LogP contribution in [0, 0.1) is 25.5 Å². The second kappa shape index (κ2) is 6.93. The SMILES string of the molecule is Cc1nc2ccc(C(=O)NCCc3ccc(F)cc3F)cc2nc1C. The van der Waals surface area contributed by atoms with Gasteiger partial charge in [-0.15, -0.1) is 0 Å². The highest BCUT2D eigenvalue weighted by atomic mass is 19.1. The zero-order valence-corrected chi connectivity index (χ0v) is 13.9. The van der Waals surface area contributed by atoms with Crippen molar-refractivity contribution in [1.29, 1.82) is 0 Å². The van der Waals surface area contributed by atoms with Crippen molar-refractivity contribution in [2.45, 2.75) is 20.3 Å². The zero-order valence-electron chi connectivity index (χ0n) is 13.9. The molecular weight excluding hydrogens is 324 g/mol. The minimum atomic E-state index is -0.618. The third kappa shape index (κ3) is 3.79. The average molecular weight is 341 g/mol. The maximum atomic E-state index is 13.6. The van der Waals surface area contributed by atoms with Gasteiger partial charge in [-0.1, -0.05) is 6.07 Å². The lowest BCUT2D eigenvalue weighted by atomic mass is 10.1. The van der Waals surface area contributed by atoms with Crippen LogP contribution >= 0.6 is 0 Å². The summed E-state index contributed by atoms with van der Waals surface area (Å²) >= 11 is 0. The van der Waals surface area contributed by atoms with Crippen molar-refractivity contribution in [3.05, 3.63) is 70.5 Å². The van der Waals surface area contributed by atoms with E-state index >= 15 is 0 Å². The van der Waals surface area contributed by atoms with Gasteiger partial charge in [-0.05, 0) is 50.1 Å². The molecule has 0 fully saturated rings. The number of hydrogen-bond acceptors (Lipinski definition) is 3. The summed E-state index contributed by atoms with van der Waals surface area (Å²) in [7, 11) is 0. The van der Waals surface area contributed by atoms with Crippen molar-refractivity contribution in [3.8, 4) is 0 Å². The summed E-state index contributed by atoms with van der Waals surface area (Å²) in [6.45, 7) is 4.00. The van der Waals surface area contributed by atoms with Gasteiger partial charge in [-0.3, -0.25) is 4.79 Å². The number of carbonyl (C=O) groups is 1. The standard InChI is InChI=1S/C19H17F2N3O/c1-11-12(2)24-18-9-14(4-6-17(18)23-11)19(25)22-8-7-13-3-5-15(20)10-16(13)21/h3-6,9-10H,7-8H2,1-2H3,(H,22,25). The molecule has 0 radical (unpaired) electrons. The molecule has 4 nitrogen and oxygen atoms in total. The number of aromatic nitrogens is 2. The molecule has 3 aromatic rings. The summed E-state index contributed by atoms with van der Waals surface area (Å²) in [6.07, 6.45) is 0.281. The monoisotopic (exact) mass is 341 g/mol. The molecule has 1 N–H and O–H groups in total. The topological polar surface area (TPSA) is 54.9 Å². The average Bonchev–Trinajstić information content (AvgIpc) is 2.57. The summed E-state index contributed by atoms with van der Waals surface area (Å²) in [5, 5.41) is 2.73. The van der Waals surface area contributed by atoms with Crippen LogP contribution in [-0.2, 0) is 6.42 Å². The smallest absolute Gasteiger partial charge is 0.251 e. The van der Waals surface area contributed by atoms with E-state index in [0.29, 0.717) is 16.6 Å². The van der Waals surface area contributed by atoms with Crippen LogP contribution in [0.3, 0.4) is 0 Å². The zero-order chi connectivity index (χ0) is 18.0. The van der Waals surface area contributed by atoms with E-state index < -0.39 is 11.6 Å². The third-order valence-corrected chi connectivity index (χ3v) is 4.03. The number of nitrogens with one attached hydrogen (secondary N) is 1. The first-order chi connectivity index (χ1) is 11.9. The third-order valence-electron chi connectivity index (χ3n) is 4.03. The van der Waals surface area contributed by atoms with Crippen LogP contribution < -0.4 is 5.32 Å². The number of benzene rings is 2. The van der Waals surface area contributed by atoms with Crippen molar-refractivity contribution in [2.24, 2.45) is 0 Å². The van der Waals surface area contributed by atoms with E-state index in [1.54, 1.807) is 18.2 Å². The fraction of sp³-hybridized carbons (Fsp3) is 0.211. The van der Waals surface area contributed by atoms with E-state index in [1.807, 2.05) is 13.8 Å². The van der Waals surface area contributed by atoms with E-state index in [2.05, 4.69) is 15.3 Å². The molecule has 3 rings (SSSR count). The predicted octanol–water partition coefficient (Wildman–Crippen LogP) is 3.50. The van der Waals surface area contributed by atoms with Crippen LogP contribution in [0.25, 0.3) is 11.0 Å². The van der Waals surface area contributed by atoms with Gasteiger partial charge in [0.1, 0.15) is 11.6 Å². The Bertz CT molecular complexity index is 957. The molecule has 0 atom stereocenters. The highest BCUT2D eigenvalue weighted by Crippen LogP contribution is 2.15. The molecule has 0 aliphatic carbocycles. The highest BCUT2D eigenvalue weighted by molar-refractivity contribution is 5.97. The molecular formula is C19H17F2N3O. The van der Waals surface area contributed by atoms with E-state index in [-0.39, 0.29) is 18.9 Å². The van der Waals surface area contributed by atoms with Crippen molar-refractivity contribution < 1.29 is 13.6 Å². The Kier molecular flexibility index (Phi) is 4.70. The summed E-state index contributed by atoms with van der Waals surface area (Å²) in [6, 6.07) is 8.54. The van der Waals surface area contributed by atoms with Crippen molar-refractivity contribution in [1.82, 2.24) is 15.3 Å². The quantitative estimate of drug-likeness (QED) is 0.790. The van der Waals surface area contributed by atoms with Crippen LogP contribution in [0.2, 0.25) is 0 Å². The summed E-state index contributed by atoms with van der Waals surface area (Å²) in [4.78, 5) is 21.1. The van der Waals surface area contributed by atoms with Crippen molar-refractivity contribution in [3.63, 3.8) is 0 Å². The van der Waals surface area contributed by atoms with E-state index in [0.717, 1.165) is 23.0 Å². The van der Waals surface area contributed by atoms with Crippen molar-refractivity contribution >= 4 is 16.9 Å². The molecule has 1 aromatic heterocycles. The maximum absolute atomic E-state index is 13.6. The molecule has 2 aromatic carbocycles. The Balaban J connectivity index is 1.68. The van der Waals surface area contributed by atoms with Gasteiger partial charge in [-0.2, -0.15) is 0 Å². The molecule has 25 heavy (non-hydrogen) atoms. The highest BCUT2D eigenvalue weighted by Gasteiger charge is 2.09. The second-order valence-corrected chi connectivity index (χ2v) is 5.84. The molecule has 0 spiro atoms. The van der Waals surface area contributed by atoms with Gasteiger partial charge < -0.3 is 5.32 Å². The largest absolute Gasteiger partial charge is 0.352 e. The Morgan fingerprint density at radius 2 is 1.72 bits per heavy atom. The molecule has 6 heteroatoms. The van der Waals surface area contributed by atoms with Gasteiger partial charge in [0, 0.05) is 18.2 Å². The normalized spacial score (nSPS) is 10.9. The summed E-state index contributed by atoms with van der Waals surface area (Å²) in [5.41, 5.74) is 3.87. The molecule has 1 heterocycles. The van der Waals surface area contributed by atoms with Gasteiger partial charge in [0.05, 0.1) is 22.4 Å². The molecule has 0 aliphatic rings. The van der Waals surface area contributed by atoms with Gasteiger partial charge in [0.25, 0.3) is 5.91 Å². The minimum absolute atomic E-state index is 0.248. The van der Waals surface area contributed by atoms with Crippen LogP contribution in [0.5, 0.6) is 0 Å². The van der Waals surface area contributed by atoms with Gasteiger partial charge in [0.2, 0.25) is 0 Å². The van der Waals surface area contributed by atoms with Gasteiger partial charge in [-0.25, -0.2) is 18.7 Å². The van der Waals surface area contributed by atoms with Gasteiger partial charge in [0.15, 0.2) is 0 Å². The summed E-state index contributed by atoms with van der Waals surface area (Å²) in [5.74, 6) is -1.50. The first-order valence-corrected chi connectivity index (χ1v) is 7.91. The molecule has 0 saturated carbocycles. The van der Waals surface area contributed by atoms with Crippen LogP contribution in [0.1, 0.15) is 27.3 Å². The van der Waals surface area contributed by atoms with Crippen LogP contribution in [-0.4, -0.2) is 22.4 Å². The van der Waals surface area contributed by atoms with Gasteiger partial charge >= 0.3 is 0 Å². The Morgan fingerprint density at radius 3 is 2.44 bits per heavy atom. The Labute approximate surface area is 143 Å². The first-order valence-electron chi connectivity index (χ1n) is 7.91. The number of nitrogens with zero attached hydrogens (tertiary/aromatic N) is 2. The lowest BCUT2D eigenvalue weighted by Gasteiger charge is -2.08. The number of halogens is 2.